The van der Waals surface area contributed by atoms with Crippen molar-refractivity contribution in [2.75, 3.05) is 24.6 Å². The summed E-state index contributed by atoms with van der Waals surface area (Å²) in [6, 6.07) is 7.49. The standard InChI is InChI=1S/C15H17ClN2O3/c16-12-1-2-14(11(9-12)10-17)18-6-3-13(4-7-18)21-8-5-15(19)20/h1-2,9,13H,3-8H2,(H,19,20). The van der Waals surface area contributed by atoms with E-state index in [1.165, 1.54) is 0 Å². The molecule has 0 unspecified atom stereocenters. The maximum atomic E-state index is 10.4. The van der Waals surface area contributed by atoms with E-state index in [0.29, 0.717) is 10.6 Å². The van der Waals surface area contributed by atoms with Crippen molar-refractivity contribution in [3.8, 4) is 6.07 Å². The average molecular weight is 309 g/mol. The van der Waals surface area contributed by atoms with E-state index >= 15 is 0 Å². The second-order valence-corrected chi connectivity index (χ2v) is 5.41. The Labute approximate surface area is 128 Å². The number of halogens is 1. The van der Waals surface area contributed by atoms with Crippen molar-refractivity contribution in [2.45, 2.75) is 25.4 Å². The van der Waals surface area contributed by atoms with E-state index < -0.39 is 5.97 Å². The number of benzene rings is 1. The van der Waals surface area contributed by atoms with Crippen LogP contribution in [0.25, 0.3) is 0 Å². The number of ether oxygens (including phenoxy) is 1. The van der Waals surface area contributed by atoms with Gasteiger partial charge in [0.1, 0.15) is 6.07 Å². The average Bonchev–Trinajstić information content (AvgIpc) is 2.47. The summed E-state index contributed by atoms with van der Waals surface area (Å²) in [6.07, 6.45) is 1.79. The van der Waals surface area contributed by atoms with Crippen LogP contribution in [0.4, 0.5) is 5.69 Å². The Hall–Kier alpha value is -1.77. The molecule has 0 radical (unpaired) electrons. The Balaban J connectivity index is 1.89. The number of piperidine rings is 1. The van der Waals surface area contributed by atoms with Gasteiger partial charge in [-0.1, -0.05) is 11.6 Å². The highest BCUT2D eigenvalue weighted by atomic mass is 35.5. The second-order valence-electron chi connectivity index (χ2n) is 4.97. The van der Waals surface area contributed by atoms with Crippen molar-refractivity contribution < 1.29 is 14.6 Å². The van der Waals surface area contributed by atoms with Crippen molar-refractivity contribution in [1.82, 2.24) is 0 Å². The summed E-state index contributed by atoms with van der Waals surface area (Å²) in [5.41, 5.74) is 1.47. The molecule has 1 N–H and O–H groups in total. The molecule has 0 bridgehead atoms. The van der Waals surface area contributed by atoms with Crippen molar-refractivity contribution in [3.05, 3.63) is 28.8 Å². The van der Waals surface area contributed by atoms with Gasteiger partial charge in [0.25, 0.3) is 0 Å². The van der Waals surface area contributed by atoms with Crippen molar-refractivity contribution in [3.63, 3.8) is 0 Å². The van der Waals surface area contributed by atoms with Gasteiger partial charge >= 0.3 is 5.97 Å². The summed E-state index contributed by atoms with van der Waals surface area (Å²) >= 11 is 5.90. The molecule has 6 heteroatoms. The summed E-state index contributed by atoms with van der Waals surface area (Å²) in [5.74, 6) is -0.840. The fraction of sp³-hybridized carbons (Fsp3) is 0.467. The molecule has 1 saturated heterocycles. The molecule has 0 aromatic heterocycles. The molecule has 112 valence electrons. The minimum absolute atomic E-state index is 0.0377. The summed E-state index contributed by atoms with van der Waals surface area (Å²) in [6.45, 7) is 1.83. The van der Waals surface area contributed by atoms with E-state index in [2.05, 4.69) is 11.0 Å². The number of nitrogens with zero attached hydrogens (tertiary/aromatic N) is 2. The first-order valence-corrected chi connectivity index (χ1v) is 7.26. The lowest BCUT2D eigenvalue weighted by Gasteiger charge is -2.34. The molecule has 1 heterocycles. The second kappa shape index (κ2) is 7.30. The number of carboxylic acid groups (broad SMARTS) is 1. The molecule has 0 saturated carbocycles. The highest BCUT2D eigenvalue weighted by Crippen LogP contribution is 2.27. The minimum Gasteiger partial charge on any atom is -0.481 e. The van der Waals surface area contributed by atoms with Crippen LogP contribution in [-0.4, -0.2) is 36.9 Å². The zero-order valence-electron chi connectivity index (χ0n) is 11.6. The molecule has 0 atom stereocenters. The number of nitriles is 1. The van der Waals surface area contributed by atoms with Crippen LogP contribution in [0.1, 0.15) is 24.8 Å². The number of anilines is 1. The maximum Gasteiger partial charge on any atom is 0.305 e. The monoisotopic (exact) mass is 308 g/mol. The minimum atomic E-state index is -0.840. The van der Waals surface area contributed by atoms with Crippen LogP contribution in [0.2, 0.25) is 5.02 Å². The number of aliphatic carboxylic acids is 1. The van der Waals surface area contributed by atoms with Gasteiger partial charge in [0.2, 0.25) is 0 Å². The van der Waals surface area contributed by atoms with E-state index in [9.17, 15) is 10.1 Å². The van der Waals surface area contributed by atoms with Crippen LogP contribution < -0.4 is 4.90 Å². The molecule has 1 aromatic rings. The van der Waals surface area contributed by atoms with E-state index in [4.69, 9.17) is 21.4 Å². The van der Waals surface area contributed by atoms with Crippen molar-refractivity contribution in [1.29, 1.82) is 5.26 Å². The van der Waals surface area contributed by atoms with Gasteiger partial charge in [-0.3, -0.25) is 4.79 Å². The fourth-order valence-electron chi connectivity index (χ4n) is 2.45. The Kier molecular flexibility index (Phi) is 5.43. The van der Waals surface area contributed by atoms with Crippen LogP contribution >= 0.6 is 11.6 Å². The zero-order chi connectivity index (χ0) is 15.2. The fourth-order valence-corrected chi connectivity index (χ4v) is 2.62. The molecule has 1 aromatic carbocycles. The van der Waals surface area contributed by atoms with Crippen molar-refractivity contribution >= 4 is 23.3 Å². The van der Waals surface area contributed by atoms with Crippen LogP contribution in [0.5, 0.6) is 0 Å². The van der Waals surface area contributed by atoms with E-state index in [-0.39, 0.29) is 19.1 Å². The highest BCUT2D eigenvalue weighted by Gasteiger charge is 2.21. The van der Waals surface area contributed by atoms with E-state index in [1.54, 1.807) is 12.1 Å². The predicted octanol–water partition coefficient (Wildman–Crippen LogP) is 2.67. The zero-order valence-corrected chi connectivity index (χ0v) is 12.3. The number of hydrogen-bond donors (Lipinski definition) is 1. The molecular weight excluding hydrogens is 292 g/mol. The van der Waals surface area contributed by atoms with Gasteiger partial charge in [-0.25, -0.2) is 0 Å². The first-order valence-electron chi connectivity index (χ1n) is 6.88. The molecule has 0 amide bonds. The Morgan fingerprint density at radius 2 is 2.19 bits per heavy atom. The largest absolute Gasteiger partial charge is 0.481 e. The van der Waals surface area contributed by atoms with Gasteiger partial charge in [0.15, 0.2) is 0 Å². The van der Waals surface area contributed by atoms with Crippen LogP contribution in [0, 0.1) is 11.3 Å². The summed E-state index contributed by atoms with van der Waals surface area (Å²) in [5, 5.41) is 18.3. The Morgan fingerprint density at radius 1 is 1.48 bits per heavy atom. The van der Waals surface area contributed by atoms with Gasteiger partial charge in [-0.05, 0) is 31.0 Å². The summed E-state index contributed by atoms with van der Waals surface area (Å²) < 4.78 is 5.56. The molecule has 1 aliphatic rings. The maximum absolute atomic E-state index is 10.4. The number of carboxylic acids is 1. The lowest BCUT2D eigenvalue weighted by molar-refractivity contribution is -0.138. The van der Waals surface area contributed by atoms with Crippen LogP contribution in [0.15, 0.2) is 18.2 Å². The lowest BCUT2D eigenvalue weighted by Crippen LogP contribution is -2.37. The molecule has 1 fully saturated rings. The van der Waals surface area contributed by atoms with Gasteiger partial charge < -0.3 is 14.7 Å². The molecule has 2 rings (SSSR count). The number of rotatable bonds is 5. The van der Waals surface area contributed by atoms with Crippen LogP contribution in [0.3, 0.4) is 0 Å². The lowest BCUT2D eigenvalue weighted by atomic mass is 10.1. The highest BCUT2D eigenvalue weighted by molar-refractivity contribution is 6.30. The molecule has 0 aliphatic carbocycles. The topological polar surface area (TPSA) is 73.6 Å². The van der Waals surface area contributed by atoms with Gasteiger partial charge in [-0.2, -0.15) is 5.26 Å². The van der Waals surface area contributed by atoms with Gasteiger partial charge in [0, 0.05) is 18.1 Å². The SMILES string of the molecule is N#Cc1cc(Cl)ccc1N1CCC(OCCC(=O)O)CC1. The first kappa shape index (κ1) is 15.6. The summed E-state index contributed by atoms with van der Waals surface area (Å²) in [7, 11) is 0. The molecule has 0 spiro atoms. The third-order valence-corrected chi connectivity index (χ3v) is 3.77. The smallest absolute Gasteiger partial charge is 0.305 e. The number of hydrogen-bond acceptors (Lipinski definition) is 4. The van der Waals surface area contributed by atoms with Crippen molar-refractivity contribution in [2.24, 2.45) is 0 Å². The predicted molar refractivity (Wildman–Crippen MR) is 79.6 cm³/mol. The quantitative estimate of drug-likeness (QED) is 0.905. The molecule has 1 aliphatic heterocycles. The van der Waals surface area contributed by atoms with Gasteiger partial charge in [0.05, 0.1) is 30.4 Å². The summed E-state index contributed by atoms with van der Waals surface area (Å²) in [4.78, 5) is 12.6. The normalized spacial score (nSPS) is 15.7. The third-order valence-electron chi connectivity index (χ3n) is 3.53. The first-order chi connectivity index (χ1) is 10.1. The Bertz CT molecular complexity index is 548. The van der Waals surface area contributed by atoms with Crippen LogP contribution in [-0.2, 0) is 9.53 Å². The van der Waals surface area contributed by atoms with Gasteiger partial charge in [-0.15, -0.1) is 0 Å². The van der Waals surface area contributed by atoms with E-state index in [1.807, 2.05) is 6.07 Å². The Morgan fingerprint density at radius 3 is 2.81 bits per heavy atom. The third kappa shape index (κ3) is 4.35. The number of carbonyl (C=O) groups is 1. The molecule has 5 nitrogen and oxygen atoms in total. The molecule has 21 heavy (non-hydrogen) atoms. The molecular formula is C15H17ClN2O3. The van der Waals surface area contributed by atoms with E-state index in [0.717, 1.165) is 31.6 Å².